The fraction of sp³-hybridized carbons (Fsp3) is 0.261. The summed E-state index contributed by atoms with van der Waals surface area (Å²) in [5.74, 6) is 0.660. The number of carbonyl (C=O) groups excluding carboxylic acids is 1. The number of aryl methyl sites for hydroxylation is 1. The van der Waals surface area contributed by atoms with E-state index in [1.54, 1.807) is 6.07 Å². The van der Waals surface area contributed by atoms with E-state index >= 15 is 0 Å². The van der Waals surface area contributed by atoms with E-state index in [9.17, 15) is 4.79 Å². The molecule has 4 rings (SSSR count). The van der Waals surface area contributed by atoms with Gasteiger partial charge in [-0.15, -0.1) is 0 Å². The Hall–Kier alpha value is -3.21. The zero-order valence-corrected chi connectivity index (χ0v) is 15.8. The highest BCUT2D eigenvalue weighted by Gasteiger charge is 2.22. The molecule has 1 aliphatic heterocycles. The van der Waals surface area contributed by atoms with Crippen LogP contribution in [0.4, 0.5) is 5.82 Å². The highest BCUT2D eigenvalue weighted by atomic mass is 16.2. The molecule has 0 radical (unpaired) electrons. The molecule has 28 heavy (non-hydrogen) atoms. The SMILES string of the molecule is O=C(c1cc(NCCCc2ccccc2)ncn1)N1CCc2ccccc2C1. The van der Waals surface area contributed by atoms with Crippen LogP contribution >= 0.6 is 0 Å². The summed E-state index contributed by atoms with van der Waals surface area (Å²) in [6, 6.07) is 20.5. The van der Waals surface area contributed by atoms with Crippen molar-refractivity contribution in [3.8, 4) is 0 Å². The Bertz CT molecular complexity index is 942. The van der Waals surface area contributed by atoms with E-state index in [1.165, 1.54) is 23.0 Å². The molecule has 1 amide bonds. The average molecular weight is 372 g/mol. The lowest BCUT2D eigenvalue weighted by molar-refractivity contribution is 0.0728. The number of nitrogens with zero attached hydrogens (tertiary/aromatic N) is 3. The van der Waals surface area contributed by atoms with Crippen LogP contribution in [0.15, 0.2) is 67.0 Å². The molecule has 142 valence electrons. The van der Waals surface area contributed by atoms with Gasteiger partial charge in [-0.1, -0.05) is 54.6 Å². The number of amides is 1. The van der Waals surface area contributed by atoms with Crippen LogP contribution in [0.3, 0.4) is 0 Å². The van der Waals surface area contributed by atoms with Crippen LogP contribution in [0.2, 0.25) is 0 Å². The monoisotopic (exact) mass is 372 g/mol. The van der Waals surface area contributed by atoms with Crippen LogP contribution in [0.5, 0.6) is 0 Å². The molecule has 1 aromatic heterocycles. The van der Waals surface area contributed by atoms with Crippen LogP contribution in [0, 0.1) is 0 Å². The van der Waals surface area contributed by atoms with Crippen molar-refractivity contribution in [3.05, 3.63) is 89.4 Å². The van der Waals surface area contributed by atoms with E-state index < -0.39 is 0 Å². The minimum Gasteiger partial charge on any atom is -0.370 e. The number of fused-ring (bicyclic) bond motifs is 1. The Morgan fingerprint density at radius 2 is 1.79 bits per heavy atom. The Morgan fingerprint density at radius 3 is 2.64 bits per heavy atom. The second-order valence-electron chi connectivity index (χ2n) is 7.05. The number of hydrogen-bond acceptors (Lipinski definition) is 4. The first-order valence-electron chi connectivity index (χ1n) is 9.75. The van der Waals surface area contributed by atoms with Crippen molar-refractivity contribution in [2.75, 3.05) is 18.4 Å². The third-order valence-corrected chi connectivity index (χ3v) is 5.10. The smallest absolute Gasteiger partial charge is 0.272 e. The molecule has 5 heteroatoms. The van der Waals surface area contributed by atoms with Crippen molar-refractivity contribution in [1.29, 1.82) is 0 Å². The Labute approximate surface area is 165 Å². The van der Waals surface area contributed by atoms with Crippen molar-refractivity contribution in [1.82, 2.24) is 14.9 Å². The maximum Gasteiger partial charge on any atom is 0.272 e. The molecule has 0 fully saturated rings. The zero-order valence-electron chi connectivity index (χ0n) is 15.8. The standard InChI is InChI=1S/C23H24N4O/c28-23(27-14-12-19-10-4-5-11-20(19)16-27)21-15-22(26-17-25-21)24-13-6-9-18-7-2-1-3-8-18/h1-5,7-8,10-11,15,17H,6,9,12-14,16H2,(H,24,25,26). The molecule has 5 nitrogen and oxygen atoms in total. The van der Waals surface area contributed by atoms with Gasteiger partial charge in [0, 0.05) is 25.7 Å². The number of benzene rings is 2. The second kappa shape index (κ2) is 8.65. The molecule has 0 saturated carbocycles. The Morgan fingerprint density at radius 1 is 1.00 bits per heavy atom. The third kappa shape index (κ3) is 4.36. The summed E-state index contributed by atoms with van der Waals surface area (Å²) in [5, 5.41) is 3.31. The minimum atomic E-state index is -0.0377. The van der Waals surface area contributed by atoms with Crippen LogP contribution in [-0.2, 0) is 19.4 Å². The van der Waals surface area contributed by atoms with Gasteiger partial charge in [0.15, 0.2) is 0 Å². The van der Waals surface area contributed by atoms with E-state index in [-0.39, 0.29) is 5.91 Å². The third-order valence-electron chi connectivity index (χ3n) is 5.10. The maximum absolute atomic E-state index is 12.9. The van der Waals surface area contributed by atoms with Crippen molar-refractivity contribution in [2.45, 2.75) is 25.8 Å². The van der Waals surface area contributed by atoms with Gasteiger partial charge in [-0.25, -0.2) is 9.97 Å². The molecule has 0 bridgehead atoms. The van der Waals surface area contributed by atoms with Crippen LogP contribution in [0.25, 0.3) is 0 Å². The van der Waals surface area contributed by atoms with Gasteiger partial charge in [0.2, 0.25) is 0 Å². The van der Waals surface area contributed by atoms with Gasteiger partial charge in [-0.05, 0) is 36.0 Å². The van der Waals surface area contributed by atoms with Gasteiger partial charge in [0.1, 0.15) is 17.8 Å². The lowest BCUT2D eigenvalue weighted by Gasteiger charge is -2.28. The fourth-order valence-electron chi connectivity index (χ4n) is 3.56. The van der Waals surface area contributed by atoms with E-state index in [2.05, 4.69) is 57.7 Å². The highest BCUT2D eigenvalue weighted by molar-refractivity contribution is 5.93. The molecule has 1 aliphatic rings. The molecule has 0 unspecified atom stereocenters. The van der Waals surface area contributed by atoms with E-state index in [4.69, 9.17) is 0 Å². The number of rotatable bonds is 6. The second-order valence-corrected chi connectivity index (χ2v) is 7.05. The van der Waals surface area contributed by atoms with E-state index in [0.717, 1.165) is 32.4 Å². The summed E-state index contributed by atoms with van der Waals surface area (Å²) in [6.07, 6.45) is 4.36. The van der Waals surface area contributed by atoms with Crippen molar-refractivity contribution in [2.24, 2.45) is 0 Å². The first-order chi connectivity index (χ1) is 13.8. The van der Waals surface area contributed by atoms with Crippen molar-refractivity contribution >= 4 is 11.7 Å². The molecule has 0 saturated heterocycles. The number of aromatic nitrogens is 2. The molecular formula is C23H24N4O. The van der Waals surface area contributed by atoms with Crippen LogP contribution < -0.4 is 5.32 Å². The Balaban J connectivity index is 1.34. The summed E-state index contributed by atoms with van der Waals surface area (Å²) >= 11 is 0. The zero-order chi connectivity index (χ0) is 19.2. The lowest BCUT2D eigenvalue weighted by Crippen LogP contribution is -2.36. The van der Waals surface area contributed by atoms with Gasteiger partial charge >= 0.3 is 0 Å². The van der Waals surface area contributed by atoms with Crippen LogP contribution in [-0.4, -0.2) is 33.9 Å². The highest BCUT2D eigenvalue weighted by Crippen LogP contribution is 2.20. The largest absolute Gasteiger partial charge is 0.370 e. The van der Waals surface area contributed by atoms with Gasteiger partial charge in [-0.3, -0.25) is 4.79 Å². The molecule has 0 spiro atoms. The fourth-order valence-corrected chi connectivity index (χ4v) is 3.56. The summed E-state index contributed by atoms with van der Waals surface area (Å²) in [5.41, 5.74) is 4.32. The topological polar surface area (TPSA) is 58.1 Å². The molecule has 2 heterocycles. The van der Waals surface area contributed by atoms with E-state index in [0.29, 0.717) is 18.1 Å². The summed E-state index contributed by atoms with van der Waals surface area (Å²) in [4.78, 5) is 23.2. The molecule has 0 aliphatic carbocycles. The number of hydrogen-bond donors (Lipinski definition) is 1. The van der Waals surface area contributed by atoms with Gasteiger partial charge in [-0.2, -0.15) is 0 Å². The van der Waals surface area contributed by atoms with Gasteiger partial charge in [0.25, 0.3) is 5.91 Å². The van der Waals surface area contributed by atoms with E-state index in [1.807, 2.05) is 17.0 Å². The normalized spacial score (nSPS) is 13.1. The summed E-state index contributed by atoms with van der Waals surface area (Å²) in [6.45, 7) is 2.16. The predicted molar refractivity (Wildman–Crippen MR) is 110 cm³/mol. The molecule has 2 aromatic carbocycles. The molecular weight excluding hydrogens is 348 g/mol. The van der Waals surface area contributed by atoms with Crippen molar-refractivity contribution in [3.63, 3.8) is 0 Å². The average Bonchev–Trinajstić information content (AvgIpc) is 2.77. The first-order valence-corrected chi connectivity index (χ1v) is 9.75. The summed E-state index contributed by atoms with van der Waals surface area (Å²) < 4.78 is 0. The number of anilines is 1. The minimum absolute atomic E-state index is 0.0377. The maximum atomic E-state index is 12.9. The first kappa shape index (κ1) is 18.2. The molecule has 1 N–H and O–H groups in total. The van der Waals surface area contributed by atoms with Crippen molar-refractivity contribution < 1.29 is 4.79 Å². The number of carbonyl (C=O) groups is 1. The Kier molecular flexibility index (Phi) is 5.61. The van der Waals surface area contributed by atoms with Gasteiger partial charge in [0.05, 0.1) is 0 Å². The predicted octanol–water partition coefficient (Wildman–Crippen LogP) is 3.72. The van der Waals surface area contributed by atoms with Gasteiger partial charge < -0.3 is 10.2 Å². The number of nitrogens with one attached hydrogen (secondary N) is 1. The quantitative estimate of drug-likeness (QED) is 0.670. The van der Waals surface area contributed by atoms with Crippen LogP contribution in [0.1, 0.15) is 33.6 Å². The molecule has 0 atom stereocenters. The molecule has 3 aromatic rings. The lowest BCUT2D eigenvalue weighted by atomic mass is 10.00. The summed E-state index contributed by atoms with van der Waals surface area (Å²) in [7, 11) is 0.